The number of aromatic hydroxyl groups is 1. The molecule has 0 bridgehead atoms. The predicted molar refractivity (Wildman–Crippen MR) is 53.2 cm³/mol. The van der Waals surface area contributed by atoms with Crippen molar-refractivity contribution in [2.45, 2.75) is 19.4 Å². The van der Waals surface area contributed by atoms with Crippen molar-refractivity contribution in [2.24, 2.45) is 0 Å². The van der Waals surface area contributed by atoms with Crippen LogP contribution in [0.25, 0.3) is 0 Å². The minimum Gasteiger partial charge on any atom is -0.508 e. The van der Waals surface area contributed by atoms with Gasteiger partial charge in [0.25, 0.3) is 0 Å². The fourth-order valence-corrected chi connectivity index (χ4v) is 1.69. The Labute approximate surface area is 82.5 Å². The Morgan fingerprint density at radius 3 is 2.77 bits per heavy atom. The molecule has 1 aliphatic rings. The van der Waals surface area contributed by atoms with Crippen molar-refractivity contribution in [3.63, 3.8) is 0 Å². The average Bonchev–Trinajstić information content (AvgIpc) is 1.96. The van der Waals surface area contributed by atoms with E-state index in [-0.39, 0.29) is 6.04 Å². The van der Waals surface area contributed by atoms with E-state index in [1.165, 1.54) is 0 Å². The molecule has 1 fully saturated rings. The molecule has 1 unspecified atom stereocenters. The van der Waals surface area contributed by atoms with Gasteiger partial charge in [-0.2, -0.15) is 0 Å². The van der Waals surface area contributed by atoms with Crippen LogP contribution in [0.3, 0.4) is 0 Å². The molecule has 1 aromatic carbocycles. The van der Waals surface area contributed by atoms with Crippen LogP contribution in [0.4, 0.5) is 0 Å². The van der Waals surface area contributed by atoms with Gasteiger partial charge in [0.15, 0.2) is 0 Å². The van der Waals surface area contributed by atoms with Crippen LogP contribution in [-0.4, -0.2) is 11.7 Å². The van der Waals surface area contributed by atoms with Crippen LogP contribution in [0.1, 0.15) is 23.6 Å². The molecule has 1 aromatic rings. The molecule has 0 aliphatic carbocycles. The summed E-state index contributed by atoms with van der Waals surface area (Å²) < 4.78 is 0. The van der Waals surface area contributed by atoms with Gasteiger partial charge in [0.1, 0.15) is 5.75 Å². The third-order valence-corrected chi connectivity index (χ3v) is 2.91. The molecule has 2 N–H and O–H groups in total. The fraction of sp³-hybridized carbons (Fsp3) is 0.400. The Morgan fingerprint density at radius 2 is 2.23 bits per heavy atom. The number of rotatable bonds is 1. The SMILES string of the molecule is Cc1cc(O)c(C2CCN2)cc1Cl. The smallest absolute Gasteiger partial charge is 0.120 e. The number of aryl methyl sites for hydroxylation is 1. The molecule has 13 heavy (non-hydrogen) atoms. The van der Waals surface area contributed by atoms with E-state index >= 15 is 0 Å². The van der Waals surface area contributed by atoms with Crippen LogP contribution in [-0.2, 0) is 0 Å². The third-order valence-electron chi connectivity index (χ3n) is 2.51. The first-order valence-electron chi connectivity index (χ1n) is 4.41. The van der Waals surface area contributed by atoms with Gasteiger partial charge in [0, 0.05) is 16.6 Å². The van der Waals surface area contributed by atoms with Gasteiger partial charge < -0.3 is 10.4 Å². The first kappa shape index (κ1) is 8.85. The second-order valence-electron chi connectivity index (χ2n) is 3.46. The molecule has 1 saturated heterocycles. The van der Waals surface area contributed by atoms with Crippen LogP contribution in [0.5, 0.6) is 5.75 Å². The van der Waals surface area contributed by atoms with Crippen molar-refractivity contribution >= 4 is 11.6 Å². The summed E-state index contributed by atoms with van der Waals surface area (Å²) in [6.45, 7) is 2.91. The van der Waals surface area contributed by atoms with Gasteiger partial charge in [-0.15, -0.1) is 0 Å². The van der Waals surface area contributed by atoms with E-state index in [0.717, 1.165) is 29.1 Å². The van der Waals surface area contributed by atoms with E-state index in [1.54, 1.807) is 6.07 Å². The van der Waals surface area contributed by atoms with Gasteiger partial charge in [0.2, 0.25) is 0 Å². The average molecular weight is 198 g/mol. The van der Waals surface area contributed by atoms with Gasteiger partial charge >= 0.3 is 0 Å². The summed E-state index contributed by atoms with van der Waals surface area (Å²) in [5.41, 5.74) is 1.84. The number of halogens is 1. The second kappa shape index (κ2) is 3.20. The van der Waals surface area contributed by atoms with Crippen molar-refractivity contribution in [3.05, 3.63) is 28.3 Å². The molecule has 3 heteroatoms. The number of hydrogen-bond acceptors (Lipinski definition) is 2. The van der Waals surface area contributed by atoms with Crippen LogP contribution >= 0.6 is 11.6 Å². The van der Waals surface area contributed by atoms with E-state index < -0.39 is 0 Å². The normalized spacial score (nSPS) is 21.2. The standard InChI is InChI=1S/C10H12ClNO/c1-6-4-10(13)7(5-8(6)11)9-2-3-12-9/h4-5,9,12-13H,2-3H2,1H3. The summed E-state index contributed by atoms with van der Waals surface area (Å²) in [6, 6.07) is 3.86. The Hall–Kier alpha value is -0.730. The third kappa shape index (κ3) is 1.52. The number of phenols is 1. The predicted octanol–water partition coefficient (Wildman–Crippen LogP) is 2.39. The maximum atomic E-state index is 9.65. The molecule has 0 saturated carbocycles. The number of phenolic OH excluding ortho intramolecular Hbond substituents is 1. The zero-order valence-electron chi connectivity index (χ0n) is 7.47. The fourth-order valence-electron chi connectivity index (χ4n) is 1.51. The van der Waals surface area contributed by atoms with Gasteiger partial charge in [-0.1, -0.05) is 11.6 Å². The summed E-state index contributed by atoms with van der Waals surface area (Å²) in [4.78, 5) is 0. The minimum atomic E-state index is 0.290. The highest BCUT2D eigenvalue weighted by Gasteiger charge is 2.22. The lowest BCUT2D eigenvalue weighted by Gasteiger charge is -2.28. The molecule has 2 rings (SSSR count). The van der Waals surface area contributed by atoms with E-state index in [1.807, 2.05) is 13.0 Å². The molecule has 1 heterocycles. The molecular formula is C10H12ClNO. The summed E-state index contributed by atoms with van der Waals surface area (Å²) >= 11 is 5.97. The molecule has 0 aromatic heterocycles. The van der Waals surface area contributed by atoms with Gasteiger partial charge in [0.05, 0.1) is 0 Å². The lowest BCUT2D eigenvalue weighted by Crippen LogP contribution is -2.34. The monoisotopic (exact) mass is 197 g/mol. The number of nitrogens with one attached hydrogen (secondary N) is 1. The van der Waals surface area contributed by atoms with Crippen molar-refractivity contribution in [3.8, 4) is 5.75 Å². The second-order valence-corrected chi connectivity index (χ2v) is 3.86. The van der Waals surface area contributed by atoms with Crippen LogP contribution < -0.4 is 5.32 Å². The molecule has 0 spiro atoms. The molecule has 1 atom stereocenters. The Balaban J connectivity index is 2.39. The lowest BCUT2D eigenvalue weighted by atomic mass is 9.96. The summed E-state index contributed by atoms with van der Waals surface area (Å²) in [5, 5.41) is 13.6. The van der Waals surface area contributed by atoms with E-state index in [9.17, 15) is 5.11 Å². The van der Waals surface area contributed by atoms with Crippen LogP contribution in [0, 0.1) is 6.92 Å². The van der Waals surface area contributed by atoms with Crippen molar-refractivity contribution in [1.82, 2.24) is 5.32 Å². The number of hydrogen-bond donors (Lipinski definition) is 2. The molecule has 2 nitrogen and oxygen atoms in total. The maximum Gasteiger partial charge on any atom is 0.120 e. The molecule has 0 amide bonds. The molecule has 70 valence electrons. The van der Waals surface area contributed by atoms with E-state index in [2.05, 4.69) is 5.32 Å². The highest BCUT2D eigenvalue weighted by Crippen LogP contribution is 2.34. The highest BCUT2D eigenvalue weighted by atomic mass is 35.5. The highest BCUT2D eigenvalue weighted by molar-refractivity contribution is 6.31. The summed E-state index contributed by atoms with van der Waals surface area (Å²) in [7, 11) is 0. The van der Waals surface area contributed by atoms with E-state index in [4.69, 9.17) is 11.6 Å². The summed E-state index contributed by atoms with van der Waals surface area (Å²) in [5.74, 6) is 0.346. The largest absolute Gasteiger partial charge is 0.508 e. The Bertz CT molecular complexity index is 334. The topological polar surface area (TPSA) is 32.3 Å². The van der Waals surface area contributed by atoms with Gasteiger partial charge in [-0.25, -0.2) is 0 Å². The Morgan fingerprint density at radius 1 is 1.54 bits per heavy atom. The lowest BCUT2D eigenvalue weighted by molar-refractivity contribution is 0.364. The van der Waals surface area contributed by atoms with Crippen molar-refractivity contribution in [1.29, 1.82) is 0 Å². The van der Waals surface area contributed by atoms with Crippen molar-refractivity contribution < 1.29 is 5.11 Å². The first-order chi connectivity index (χ1) is 6.18. The molecule has 1 aliphatic heterocycles. The van der Waals surface area contributed by atoms with Gasteiger partial charge in [-0.3, -0.25) is 0 Å². The maximum absolute atomic E-state index is 9.65. The zero-order valence-corrected chi connectivity index (χ0v) is 8.23. The Kier molecular flexibility index (Phi) is 2.18. The minimum absolute atomic E-state index is 0.290. The first-order valence-corrected chi connectivity index (χ1v) is 4.78. The molecule has 0 radical (unpaired) electrons. The molecular weight excluding hydrogens is 186 g/mol. The number of benzene rings is 1. The van der Waals surface area contributed by atoms with Crippen molar-refractivity contribution in [2.75, 3.05) is 6.54 Å². The van der Waals surface area contributed by atoms with Crippen LogP contribution in [0.15, 0.2) is 12.1 Å². The van der Waals surface area contributed by atoms with Crippen LogP contribution in [0.2, 0.25) is 5.02 Å². The zero-order chi connectivity index (χ0) is 9.42. The van der Waals surface area contributed by atoms with Gasteiger partial charge in [-0.05, 0) is 37.6 Å². The summed E-state index contributed by atoms with van der Waals surface area (Å²) in [6.07, 6.45) is 1.08. The quantitative estimate of drug-likeness (QED) is 0.725. The van der Waals surface area contributed by atoms with E-state index in [0.29, 0.717) is 5.75 Å².